The molecule has 1 amide bonds. The first-order valence-electron chi connectivity index (χ1n) is 8.82. The van der Waals surface area contributed by atoms with Crippen LogP contribution >= 0.6 is 0 Å². The highest BCUT2D eigenvalue weighted by molar-refractivity contribution is 5.76. The lowest BCUT2D eigenvalue weighted by atomic mass is 9.97. The van der Waals surface area contributed by atoms with Crippen molar-refractivity contribution in [3.63, 3.8) is 0 Å². The van der Waals surface area contributed by atoms with Gasteiger partial charge < -0.3 is 9.32 Å². The summed E-state index contributed by atoms with van der Waals surface area (Å²) in [5, 5.41) is 0. The molecule has 2 aromatic heterocycles. The predicted octanol–water partition coefficient (Wildman–Crippen LogP) is 3.56. The van der Waals surface area contributed by atoms with Crippen LogP contribution in [0.15, 0.2) is 53.2 Å². The quantitative estimate of drug-likeness (QED) is 0.731. The van der Waals surface area contributed by atoms with Gasteiger partial charge in [-0.05, 0) is 49.1 Å². The van der Waals surface area contributed by atoms with Gasteiger partial charge in [-0.2, -0.15) is 0 Å². The van der Waals surface area contributed by atoms with Crippen LogP contribution in [0, 0.1) is 0 Å². The molecule has 0 radical (unpaired) electrons. The van der Waals surface area contributed by atoms with Crippen LogP contribution in [0.5, 0.6) is 0 Å². The number of pyridine rings is 1. The Bertz CT molecular complexity index is 827. The molecule has 0 saturated carbocycles. The van der Waals surface area contributed by atoms with Crippen LogP contribution in [0.3, 0.4) is 0 Å². The van der Waals surface area contributed by atoms with Gasteiger partial charge in [-0.1, -0.05) is 12.1 Å². The topological polar surface area (TPSA) is 59.2 Å². The van der Waals surface area contributed by atoms with Gasteiger partial charge >= 0.3 is 0 Å². The minimum atomic E-state index is 0.186. The van der Waals surface area contributed by atoms with E-state index in [0.717, 1.165) is 48.4 Å². The first kappa shape index (κ1) is 15.8. The van der Waals surface area contributed by atoms with Crippen LogP contribution < -0.4 is 0 Å². The number of aryl methyl sites for hydroxylation is 1. The fourth-order valence-electron chi connectivity index (χ4n) is 3.43. The largest absolute Gasteiger partial charge is 0.440 e. The Morgan fingerprint density at radius 2 is 2.04 bits per heavy atom. The van der Waals surface area contributed by atoms with Gasteiger partial charge in [-0.15, -0.1) is 0 Å². The van der Waals surface area contributed by atoms with E-state index in [2.05, 4.69) is 9.97 Å². The molecule has 1 fully saturated rings. The van der Waals surface area contributed by atoms with Crippen molar-refractivity contribution in [1.29, 1.82) is 0 Å². The van der Waals surface area contributed by atoms with Gasteiger partial charge in [0.25, 0.3) is 0 Å². The van der Waals surface area contributed by atoms with Crippen LogP contribution in [0.4, 0.5) is 0 Å². The molecular weight excluding hydrogens is 314 g/mol. The van der Waals surface area contributed by atoms with Crippen LogP contribution in [0.25, 0.3) is 11.1 Å². The Balaban J connectivity index is 1.41. The molecule has 1 atom stereocenters. The monoisotopic (exact) mass is 335 g/mol. The fraction of sp³-hybridized carbons (Fsp3) is 0.350. The molecule has 0 aliphatic carbocycles. The zero-order valence-corrected chi connectivity index (χ0v) is 14.1. The summed E-state index contributed by atoms with van der Waals surface area (Å²) in [4.78, 5) is 23.2. The molecule has 0 spiro atoms. The summed E-state index contributed by atoms with van der Waals surface area (Å²) in [5.74, 6) is 1.15. The Labute approximate surface area is 146 Å². The molecule has 0 N–H and O–H groups in total. The van der Waals surface area contributed by atoms with E-state index >= 15 is 0 Å². The van der Waals surface area contributed by atoms with E-state index in [0.29, 0.717) is 13.0 Å². The third-order valence-electron chi connectivity index (χ3n) is 4.81. The summed E-state index contributed by atoms with van der Waals surface area (Å²) < 4.78 is 5.91. The van der Waals surface area contributed by atoms with Crippen molar-refractivity contribution >= 4 is 17.0 Å². The number of likely N-dealkylation sites (tertiary alicyclic amines) is 1. The Morgan fingerprint density at radius 3 is 2.88 bits per heavy atom. The first-order valence-corrected chi connectivity index (χ1v) is 8.82. The van der Waals surface area contributed by atoms with Gasteiger partial charge in [0.2, 0.25) is 5.91 Å². The molecule has 1 unspecified atom stereocenters. The lowest BCUT2D eigenvalue weighted by Crippen LogP contribution is -2.39. The lowest BCUT2D eigenvalue weighted by molar-refractivity contribution is -0.132. The van der Waals surface area contributed by atoms with Crippen LogP contribution in [0.1, 0.15) is 36.6 Å². The molecule has 5 heteroatoms. The lowest BCUT2D eigenvalue weighted by Gasteiger charge is -2.31. The number of carbonyl (C=O) groups excluding carboxylic acids is 1. The van der Waals surface area contributed by atoms with Crippen molar-refractivity contribution in [3.8, 4) is 0 Å². The van der Waals surface area contributed by atoms with Crippen molar-refractivity contribution in [2.45, 2.75) is 31.6 Å². The van der Waals surface area contributed by atoms with Crippen molar-refractivity contribution in [3.05, 3.63) is 60.2 Å². The smallest absolute Gasteiger partial charge is 0.222 e. The molecule has 1 saturated heterocycles. The number of fused-ring (bicyclic) bond motifs is 1. The number of nitrogens with zero attached hydrogens (tertiary/aromatic N) is 3. The molecule has 1 aliphatic heterocycles. The second-order valence-corrected chi connectivity index (χ2v) is 6.55. The average Bonchev–Trinajstić information content (AvgIpc) is 3.11. The third kappa shape index (κ3) is 3.55. The maximum atomic E-state index is 12.6. The third-order valence-corrected chi connectivity index (χ3v) is 4.81. The highest BCUT2D eigenvalue weighted by Gasteiger charge is 2.27. The van der Waals surface area contributed by atoms with Crippen molar-refractivity contribution in [1.82, 2.24) is 14.9 Å². The molecule has 3 aromatic rings. The number of aromatic nitrogens is 2. The zero-order valence-electron chi connectivity index (χ0n) is 14.1. The minimum absolute atomic E-state index is 0.186. The summed E-state index contributed by atoms with van der Waals surface area (Å²) in [6.45, 7) is 1.52. The summed E-state index contributed by atoms with van der Waals surface area (Å²) in [6.07, 6.45) is 6.83. The maximum absolute atomic E-state index is 12.6. The van der Waals surface area contributed by atoms with Gasteiger partial charge in [0.1, 0.15) is 5.52 Å². The van der Waals surface area contributed by atoms with Gasteiger partial charge in [0, 0.05) is 31.9 Å². The van der Waals surface area contributed by atoms with Gasteiger partial charge in [0.05, 0.1) is 5.92 Å². The molecule has 5 nitrogen and oxygen atoms in total. The van der Waals surface area contributed by atoms with E-state index in [9.17, 15) is 4.79 Å². The van der Waals surface area contributed by atoms with E-state index in [4.69, 9.17) is 4.42 Å². The molecule has 1 aliphatic rings. The van der Waals surface area contributed by atoms with Gasteiger partial charge in [-0.25, -0.2) is 4.98 Å². The van der Waals surface area contributed by atoms with E-state index in [1.165, 1.54) is 0 Å². The van der Waals surface area contributed by atoms with Crippen LogP contribution in [0.2, 0.25) is 0 Å². The Morgan fingerprint density at radius 1 is 1.20 bits per heavy atom. The van der Waals surface area contributed by atoms with Crippen LogP contribution in [-0.2, 0) is 11.2 Å². The number of para-hydroxylation sites is 2. The molecule has 25 heavy (non-hydrogen) atoms. The number of benzene rings is 1. The molecule has 4 rings (SSSR count). The number of hydrogen-bond donors (Lipinski definition) is 0. The van der Waals surface area contributed by atoms with E-state index in [1.54, 1.807) is 12.4 Å². The highest BCUT2D eigenvalue weighted by atomic mass is 16.3. The molecular formula is C20H21N3O2. The van der Waals surface area contributed by atoms with Crippen molar-refractivity contribution in [2.75, 3.05) is 13.1 Å². The maximum Gasteiger partial charge on any atom is 0.222 e. The first-order chi connectivity index (χ1) is 12.3. The molecule has 3 heterocycles. The summed E-state index contributed by atoms with van der Waals surface area (Å²) in [7, 11) is 0. The molecule has 1 aromatic carbocycles. The summed E-state index contributed by atoms with van der Waals surface area (Å²) in [5.41, 5.74) is 2.85. The van der Waals surface area contributed by atoms with E-state index < -0.39 is 0 Å². The number of carbonyl (C=O) groups is 1. The number of rotatable bonds is 4. The Kier molecular flexibility index (Phi) is 4.46. The molecule has 0 bridgehead atoms. The predicted molar refractivity (Wildman–Crippen MR) is 95.1 cm³/mol. The summed E-state index contributed by atoms with van der Waals surface area (Å²) in [6, 6.07) is 11.7. The number of amides is 1. The molecule has 128 valence electrons. The minimum Gasteiger partial charge on any atom is -0.440 e. The van der Waals surface area contributed by atoms with Crippen LogP contribution in [-0.4, -0.2) is 33.9 Å². The van der Waals surface area contributed by atoms with Gasteiger partial charge in [-0.3, -0.25) is 9.78 Å². The van der Waals surface area contributed by atoms with Crippen molar-refractivity contribution < 1.29 is 9.21 Å². The number of oxazole rings is 1. The second-order valence-electron chi connectivity index (χ2n) is 6.55. The zero-order chi connectivity index (χ0) is 17.1. The normalized spacial score (nSPS) is 17.8. The standard InChI is InChI=1S/C20H21N3O2/c24-19(8-7-15-9-11-21-12-10-15)23-13-3-4-16(14-23)20-22-17-5-1-2-6-18(17)25-20/h1-2,5-6,9-12,16H,3-4,7-8,13-14H2. The number of hydrogen-bond acceptors (Lipinski definition) is 4. The second kappa shape index (κ2) is 7.05. The summed E-state index contributed by atoms with van der Waals surface area (Å²) >= 11 is 0. The van der Waals surface area contributed by atoms with E-state index in [-0.39, 0.29) is 11.8 Å². The number of piperidine rings is 1. The van der Waals surface area contributed by atoms with Gasteiger partial charge in [0.15, 0.2) is 11.5 Å². The fourth-order valence-corrected chi connectivity index (χ4v) is 3.43. The SMILES string of the molecule is O=C(CCc1ccncc1)N1CCCC(c2nc3ccccc3o2)C1. The Hall–Kier alpha value is -2.69. The van der Waals surface area contributed by atoms with Crippen molar-refractivity contribution in [2.24, 2.45) is 0 Å². The highest BCUT2D eigenvalue weighted by Crippen LogP contribution is 2.29. The average molecular weight is 335 g/mol. The van der Waals surface area contributed by atoms with E-state index in [1.807, 2.05) is 41.3 Å².